The molecule has 4 rings (SSSR count). The molecular weight excluding hydrogens is 464 g/mol. The van der Waals surface area contributed by atoms with Gasteiger partial charge in [0, 0.05) is 22.9 Å². The van der Waals surface area contributed by atoms with Crippen molar-refractivity contribution in [2.45, 2.75) is 13.3 Å². The minimum absolute atomic E-state index is 0.0248. The van der Waals surface area contributed by atoms with E-state index in [-0.39, 0.29) is 41.6 Å². The Hall–Kier alpha value is -3.71. The van der Waals surface area contributed by atoms with Crippen LogP contribution < -0.4 is 14.9 Å². The van der Waals surface area contributed by atoms with Gasteiger partial charge in [0.25, 0.3) is 0 Å². The predicted molar refractivity (Wildman–Crippen MR) is 126 cm³/mol. The highest BCUT2D eigenvalue weighted by Crippen LogP contribution is 2.26. The van der Waals surface area contributed by atoms with Crippen LogP contribution in [0.1, 0.15) is 28.5 Å². The third-order valence-electron chi connectivity index (χ3n) is 5.23. The molecule has 5 nitrogen and oxygen atoms in total. The molecule has 0 amide bonds. The van der Waals surface area contributed by atoms with Crippen molar-refractivity contribution in [3.8, 4) is 11.5 Å². The summed E-state index contributed by atoms with van der Waals surface area (Å²) in [6.07, 6.45) is 0.131. The van der Waals surface area contributed by atoms with Crippen LogP contribution in [0.5, 0.6) is 11.5 Å². The van der Waals surface area contributed by atoms with Crippen LogP contribution in [0.2, 0.25) is 5.02 Å². The number of para-hydroxylation sites is 1. The maximum atomic E-state index is 13.7. The molecule has 0 atom stereocenters. The van der Waals surface area contributed by atoms with Crippen LogP contribution in [0.4, 0.5) is 8.78 Å². The summed E-state index contributed by atoms with van der Waals surface area (Å²) in [7, 11) is 0. The number of H-pyrrole nitrogens is 1. The average molecular weight is 484 g/mol. The molecule has 8 heteroatoms. The lowest BCUT2D eigenvalue weighted by Gasteiger charge is -2.14. The predicted octanol–water partition coefficient (Wildman–Crippen LogP) is 5.71. The minimum Gasteiger partial charge on any atom is -0.488 e. The van der Waals surface area contributed by atoms with Crippen molar-refractivity contribution in [2.24, 2.45) is 0 Å². The molecule has 1 N–H and O–H groups in total. The van der Waals surface area contributed by atoms with Crippen LogP contribution in [0.3, 0.4) is 0 Å². The summed E-state index contributed by atoms with van der Waals surface area (Å²) in [5.74, 6) is -1.57. The quantitative estimate of drug-likeness (QED) is 0.257. The maximum absolute atomic E-state index is 13.7. The van der Waals surface area contributed by atoms with E-state index in [1.165, 1.54) is 19.1 Å². The Labute approximate surface area is 198 Å². The Kier molecular flexibility index (Phi) is 6.93. The van der Waals surface area contributed by atoms with Gasteiger partial charge in [-0.3, -0.25) is 9.59 Å². The Balaban J connectivity index is 1.55. The van der Waals surface area contributed by atoms with Gasteiger partial charge in [0.2, 0.25) is 5.43 Å². The normalized spacial score (nSPS) is 10.9. The van der Waals surface area contributed by atoms with Crippen LogP contribution in [0.15, 0.2) is 65.5 Å². The molecule has 1 aromatic heterocycles. The molecule has 1 heterocycles. The topological polar surface area (TPSA) is 68.4 Å². The number of benzene rings is 3. The SMILES string of the molecule is CC(=O)c1ccc(OCCOc2c(Cc3ccc(F)c(F)c3)[nH]c3ccccc3c2=O)c(Cl)c1. The van der Waals surface area contributed by atoms with Crippen molar-refractivity contribution in [3.05, 3.63) is 104 Å². The monoisotopic (exact) mass is 483 g/mol. The first-order valence-corrected chi connectivity index (χ1v) is 10.8. The van der Waals surface area contributed by atoms with E-state index in [1.54, 1.807) is 36.4 Å². The van der Waals surface area contributed by atoms with Crippen molar-refractivity contribution in [1.29, 1.82) is 0 Å². The zero-order valence-corrected chi connectivity index (χ0v) is 18.9. The number of hydrogen-bond acceptors (Lipinski definition) is 4. The second kappa shape index (κ2) is 10.1. The lowest BCUT2D eigenvalue weighted by Crippen LogP contribution is -2.17. The Morgan fingerprint density at radius 2 is 1.74 bits per heavy atom. The number of aromatic nitrogens is 1. The maximum Gasteiger partial charge on any atom is 0.231 e. The summed E-state index contributed by atoms with van der Waals surface area (Å²) in [4.78, 5) is 27.7. The molecule has 3 aromatic carbocycles. The molecule has 4 aromatic rings. The van der Waals surface area contributed by atoms with Crippen molar-refractivity contribution in [2.75, 3.05) is 13.2 Å². The fourth-order valence-corrected chi connectivity index (χ4v) is 3.77. The van der Waals surface area contributed by atoms with Crippen LogP contribution in [0.25, 0.3) is 10.9 Å². The van der Waals surface area contributed by atoms with E-state index < -0.39 is 11.6 Å². The van der Waals surface area contributed by atoms with Gasteiger partial charge in [-0.2, -0.15) is 0 Å². The molecular formula is C26H20ClF2NO4. The van der Waals surface area contributed by atoms with E-state index in [4.69, 9.17) is 21.1 Å². The molecule has 0 unspecified atom stereocenters. The van der Waals surface area contributed by atoms with E-state index in [9.17, 15) is 18.4 Å². The Morgan fingerprint density at radius 3 is 2.47 bits per heavy atom. The molecule has 34 heavy (non-hydrogen) atoms. The van der Waals surface area contributed by atoms with Crippen molar-refractivity contribution >= 4 is 28.3 Å². The van der Waals surface area contributed by atoms with E-state index in [0.29, 0.717) is 33.5 Å². The third kappa shape index (κ3) is 5.10. The largest absolute Gasteiger partial charge is 0.488 e. The van der Waals surface area contributed by atoms with E-state index in [1.807, 2.05) is 0 Å². The number of rotatable bonds is 8. The van der Waals surface area contributed by atoms with Gasteiger partial charge in [-0.25, -0.2) is 8.78 Å². The zero-order chi connectivity index (χ0) is 24.2. The van der Waals surface area contributed by atoms with Crippen LogP contribution in [-0.2, 0) is 6.42 Å². The highest BCUT2D eigenvalue weighted by molar-refractivity contribution is 6.32. The number of fused-ring (bicyclic) bond motifs is 1. The van der Waals surface area contributed by atoms with Gasteiger partial charge >= 0.3 is 0 Å². The molecule has 174 valence electrons. The minimum atomic E-state index is -0.968. The molecule has 0 saturated heterocycles. The molecule has 0 aliphatic rings. The van der Waals surface area contributed by atoms with Crippen LogP contribution in [0, 0.1) is 11.6 Å². The Morgan fingerprint density at radius 1 is 0.971 bits per heavy atom. The summed E-state index contributed by atoms with van der Waals surface area (Å²) >= 11 is 6.17. The number of carbonyl (C=O) groups is 1. The third-order valence-corrected chi connectivity index (χ3v) is 5.52. The summed E-state index contributed by atoms with van der Waals surface area (Å²) in [6.45, 7) is 1.55. The number of nitrogens with one attached hydrogen (secondary N) is 1. The van der Waals surface area contributed by atoms with Gasteiger partial charge in [-0.15, -0.1) is 0 Å². The van der Waals surface area contributed by atoms with E-state index in [0.717, 1.165) is 12.1 Å². The molecule has 0 bridgehead atoms. The van der Waals surface area contributed by atoms with Crippen molar-refractivity contribution in [1.82, 2.24) is 4.98 Å². The second-order valence-corrected chi connectivity index (χ2v) is 8.04. The molecule has 0 aliphatic heterocycles. The second-order valence-electron chi connectivity index (χ2n) is 7.63. The fourth-order valence-electron chi connectivity index (χ4n) is 3.53. The highest BCUT2D eigenvalue weighted by Gasteiger charge is 2.15. The first-order chi connectivity index (χ1) is 16.3. The number of ketones is 1. The number of Topliss-reactive ketones (excluding diaryl/α,β-unsaturated/α-hetero) is 1. The van der Waals surface area contributed by atoms with Gasteiger partial charge in [-0.1, -0.05) is 29.8 Å². The van der Waals surface area contributed by atoms with Gasteiger partial charge in [0.1, 0.15) is 19.0 Å². The van der Waals surface area contributed by atoms with Gasteiger partial charge < -0.3 is 14.5 Å². The lowest BCUT2D eigenvalue weighted by molar-refractivity contribution is 0.101. The van der Waals surface area contributed by atoms with Gasteiger partial charge in [0.15, 0.2) is 23.2 Å². The zero-order valence-electron chi connectivity index (χ0n) is 18.2. The molecule has 0 radical (unpaired) electrons. The molecule has 0 saturated carbocycles. The van der Waals surface area contributed by atoms with Crippen molar-refractivity contribution in [3.63, 3.8) is 0 Å². The van der Waals surface area contributed by atoms with Gasteiger partial charge in [0.05, 0.1) is 10.7 Å². The van der Waals surface area contributed by atoms with E-state index >= 15 is 0 Å². The molecule has 0 fully saturated rings. The number of halogens is 3. The van der Waals surface area contributed by atoms with Crippen LogP contribution in [-0.4, -0.2) is 24.0 Å². The average Bonchev–Trinajstić information content (AvgIpc) is 2.81. The number of aromatic amines is 1. The number of carbonyl (C=O) groups excluding carboxylic acids is 1. The number of ether oxygens (including phenoxy) is 2. The first-order valence-electron chi connectivity index (χ1n) is 10.5. The smallest absolute Gasteiger partial charge is 0.231 e. The summed E-state index contributed by atoms with van der Waals surface area (Å²) in [5, 5.41) is 0.727. The molecule has 0 spiro atoms. The highest BCUT2D eigenvalue weighted by atomic mass is 35.5. The molecule has 0 aliphatic carbocycles. The first kappa shape index (κ1) is 23.4. The Bertz CT molecular complexity index is 1430. The lowest BCUT2D eigenvalue weighted by atomic mass is 10.1. The fraction of sp³-hybridized carbons (Fsp3) is 0.154. The summed E-state index contributed by atoms with van der Waals surface area (Å²) in [5.41, 5.74) is 1.65. The van der Waals surface area contributed by atoms with Crippen LogP contribution >= 0.6 is 11.6 Å². The number of pyridine rings is 1. The van der Waals surface area contributed by atoms with Crippen molar-refractivity contribution < 1.29 is 23.0 Å². The standard InChI is InChI=1S/C26H20ClF2NO4/c1-15(31)17-7-9-24(19(27)14-17)33-10-11-34-26-23(13-16-6-8-20(28)21(29)12-16)30-22-5-3-2-4-18(22)25(26)32/h2-9,12,14H,10-11,13H2,1H3,(H,30,32). The summed E-state index contributed by atoms with van der Waals surface area (Å²) < 4.78 is 38.5. The van der Waals surface area contributed by atoms with E-state index in [2.05, 4.69) is 4.98 Å². The summed E-state index contributed by atoms with van der Waals surface area (Å²) in [6, 6.07) is 15.3. The number of hydrogen-bond donors (Lipinski definition) is 1. The van der Waals surface area contributed by atoms with Gasteiger partial charge in [-0.05, 0) is 55.0 Å².